The van der Waals surface area contributed by atoms with Gasteiger partial charge in [0.2, 0.25) is 0 Å². The lowest BCUT2D eigenvalue weighted by molar-refractivity contribution is 0.0951. The van der Waals surface area contributed by atoms with Gasteiger partial charge < -0.3 is 9.47 Å². The van der Waals surface area contributed by atoms with Crippen molar-refractivity contribution in [1.82, 2.24) is 5.43 Å². The molecule has 0 radical (unpaired) electrons. The third kappa shape index (κ3) is 6.06. The second-order valence-electron chi connectivity index (χ2n) is 6.25. The molecule has 3 rings (SSSR count). The summed E-state index contributed by atoms with van der Waals surface area (Å²) in [6.07, 6.45) is 3.18. The summed E-state index contributed by atoms with van der Waals surface area (Å²) in [7, 11) is 0. The topological polar surface area (TPSA) is 59.9 Å². The fraction of sp³-hybridized carbons (Fsp3) is 0.0833. The number of ether oxygens (including phenoxy) is 2. The van der Waals surface area contributed by atoms with Crippen molar-refractivity contribution in [2.24, 2.45) is 5.10 Å². The number of carbonyl (C=O) groups excluding carboxylic acids is 1. The fourth-order valence-corrected chi connectivity index (χ4v) is 2.99. The SMILES string of the molecule is C=CCOc1ccc(Br)cc1C(=O)N/N=C\c1ccccc1OCc1ccccc1. The minimum absolute atomic E-state index is 0.303. The first kappa shape index (κ1) is 21.3. The third-order valence-electron chi connectivity index (χ3n) is 4.07. The number of nitrogens with one attached hydrogen (secondary N) is 1. The highest BCUT2D eigenvalue weighted by Gasteiger charge is 2.13. The Hall–Kier alpha value is -3.38. The zero-order valence-corrected chi connectivity index (χ0v) is 17.8. The number of amides is 1. The van der Waals surface area contributed by atoms with Gasteiger partial charge in [0.1, 0.15) is 24.7 Å². The fourth-order valence-electron chi connectivity index (χ4n) is 2.63. The molecule has 152 valence electrons. The molecule has 5 nitrogen and oxygen atoms in total. The zero-order chi connectivity index (χ0) is 21.2. The minimum Gasteiger partial charge on any atom is -0.489 e. The molecule has 0 aliphatic carbocycles. The number of para-hydroxylation sites is 1. The molecular formula is C24H21BrN2O3. The Kier molecular flexibility index (Phi) is 7.80. The predicted octanol–water partition coefficient (Wildman–Crippen LogP) is 5.36. The number of hydrazone groups is 1. The summed E-state index contributed by atoms with van der Waals surface area (Å²) in [6.45, 7) is 4.37. The van der Waals surface area contributed by atoms with Crippen molar-refractivity contribution >= 4 is 28.1 Å². The van der Waals surface area contributed by atoms with Crippen LogP contribution in [0.15, 0.2) is 95.0 Å². The van der Waals surface area contributed by atoms with Crippen LogP contribution in [0.1, 0.15) is 21.5 Å². The normalized spacial score (nSPS) is 10.6. The van der Waals surface area contributed by atoms with E-state index in [4.69, 9.17) is 9.47 Å². The number of benzene rings is 3. The Morgan fingerprint density at radius 3 is 2.57 bits per heavy atom. The van der Waals surface area contributed by atoms with Crippen LogP contribution in [0, 0.1) is 0 Å². The van der Waals surface area contributed by atoms with E-state index >= 15 is 0 Å². The van der Waals surface area contributed by atoms with E-state index in [1.807, 2.05) is 54.6 Å². The number of halogens is 1. The van der Waals surface area contributed by atoms with Crippen LogP contribution in [0.2, 0.25) is 0 Å². The van der Waals surface area contributed by atoms with E-state index in [0.29, 0.717) is 30.3 Å². The van der Waals surface area contributed by atoms with Crippen LogP contribution in [0.5, 0.6) is 11.5 Å². The average Bonchev–Trinajstić information content (AvgIpc) is 2.78. The molecule has 0 heterocycles. The second-order valence-corrected chi connectivity index (χ2v) is 7.17. The van der Waals surface area contributed by atoms with Crippen molar-refractivity contribution in [3.63, 3.8) is 0 Å². The van der Waals surface area contributed by atoms with Gasteiger partial charge in [-0.1, -0.05) is 71.0 Å². The van der Waals surface area contributed by atoms with Crippen molar-refractivity contribution in [3.05, 3.63) is 107 Å². The van der Waals surface area contributed by atoms with Gasteiger partial charge in [0, 0.05) is 10.0 Å². The van der Waals surface area contributed by atoms with Gasteiger partial charge >= 0.3 is 0 Å². The minimum atomic E-state index is -0.380. The average molecular weight is 465 g/mol. The first-order valence-electron chi connectivity index (χ1n) is 9.30. The lowest BCUT2D eigenvalue weighted by Gasteiger charge is -2.10. The van der Waals surface area contributed by atoms with Gasteiger partial charge in [0.25, 0.3) is 5.91 Å². The van der Waals surface area contributed by atoms with Crippen LogP contribution in [0.3, 0.4) is 0 Å². The van der Waals surface area contributed by atoms with Crippen molar-refractivity contribution < 1.29 is 14.3 Å². The molecule has 0 bridgehead atoms. The van der Waals surface area contributed by atoms with Crippen molar-refractivity contribution in [2.45, 2.75) is 6.61 Å². The monoisotopic (exact) mass is 464 g/mol. The standard InChI is InChI=1S/C24H21BrN2O3/c1-2-14-29-23-13-12-20(25)15-21(23)24(28)27-26-16-19-10-6-7-11-22(19)30-17-18-8-4-3-5-9-18/h2-13,15-16H,1,14,17H2,(H,27,28)/b26-16-. The molecule has 0 spiro atoms. The molecule has 0 unspecified atom stereocenters. The maximum Gasteiger partial charge on any atom is 0.275 e. The van der Waals surface area contributed by atoms with E-state index in [2.05, 4.69) is 33.0 Å². The highest BCUT2D eigenvalue weighted by molar-refractivity contribution is 9.10. The number of hydrogen-bond acceptors (Lipinski definition) is 4. The second kappa shape index (κ2) is 11.0. The van der Waals surface area contributed by atoms with Crippen molar-refractivity contribution in [3.8, 4) is 11.5 Å². The molecule has 0 saturated carbocycles. The lowest BCUT2D eigenvalue weighted by atomic mass is 10.2. The lowest BCUT2D eigenvalue weighted by Crippen LogP contribution is -2.19. The highest BCUT2D eigenvalue weighted by Crippen LogP contribution is 2.23. The summed E-state index contributed by atoms with van der Waals surface area (Å²) in [4.78, 5) is 12.6. The molecule has 0 atom stereocenters. The Balaban J connectivity index is 1.68. The molecule has 3 aromatic carbocycles. The van der Waals surface area contributed by atoms with E-state index < -0.39 is 0 Å². The van der Waals surface area contributed by atoms with Gasteiger partial charge in [0.15, 0.2) is 0 Å². The molecule has 30 heavy (non-hydrogen) atoms. The van der Waals surface area contributed by atoms with Crippen LogP contribution in [-0.2, 0) is 6.61 Å². The summed E-state index contributed by atoms with van der Waals surface area (Å²) in [5, 5.41) is 4.09. The molecule has 1 amide bonds. The van der Waals surface area contributed by atoms with E-state index in [-0.39, 0.29) is 5.91 Å². The van der Waals surface area contributed by atoms with Crippen LogP contribution in [-0.4, -0.2) is 18.7 Å². The maximum absolute atomic E-state index is 12.6. The first-order chi connectivity index (χ1) is 14.7. The van der Waals surface area contributed by atoms with Gasteiger partial charge in [-0.3, -0.25) is 4.79 Å². The Morgan fingerprint density at radius 2 is 1.77 bits per heavy atom. The zero-order valence-electron chi connectivity index (χ0n) is 16.3. The van der Waals surface area contributed by atoms with Gasteiger partial charge in [-0.25, -0.2) is 5.43 Å². The molecule has 1 N–H and O–H groups in total. The third-order valence-corrected chi connectivity index (χ3v) is 4.56. The number of nitrogens with zero attached hydrogens (tertiary/aromatic N) is 1. The summed E-state index contributed by atoms with van der Waals surface area (Å²) < 4.78 is 12.2. The van der Waals surface area contributed by atoms with Crippen LogP contribution < -0.4 is 14.9 Å². The van der Waals surface area contributed by atoms with E-state index in [1.54, 1.807) is 30.5 Å². The van der Waals surface area contributed by atoms with E-state index in [9.17, 15) is 4.79 Å². The summed E-state index contributed by atoms with van der Waals surface area (Å²) in [5.74, 6) is 0.753. The van der Waals surface area contributed by atoms with Gasteiger partial charge in [0.05, 0.1) is 11.8 Å². The van der Waals surface area contributed by atoms with E-state index in [0.717, 1.165) is 15.6 Å². The summed E-state index contributed by atoms with van der Waals surface area (Å²) in [6, 6.07) is 22.6. The van der Waals surface area contributed by atoms with Crippen LogP contribution in [0.25, 0.3) is 0 Å². The quantitative estimate of drug-likeness (QED) is 0.263. The molecule has 6 heteroatoms. The molecular weight excluding hydrogens is 444 g/mol. The molecule has 0 fully saturated rings. The Morgan fingerprint density at radius 1 is 1.00 bits per heavy atom. The molecule has 0 aliphatic heterocycles. The predicted molar refractivity (Wildman–Crippen MR) is 122 cm³/mol. The molecule has 0 aliphatic rings. The summed E-state index contributed by atoms with van der Waals surface area (Å²) >= 11 is 3.37. The van der Waals surface area contributed by atoms with Crippen LogP contribution in [0.4, 0.5) is 0 Å². The summed E-state index contributed by atoms with van der Waals surface area (Å²) in [5.41, 5.74) is 4.74. The molecule has 0 saturated heterocycles. The molecule has 0 aromatic heterocycles. The van der Waals surface area contributed by atoms with Crippen molar-refractivity contribution in [2.75, 3.05) is 6.61 Å². The largest absolute Gasteiger partial charge is 0.489 e. The Labute approximate surface area is 184 Å². The van der Waals surface area contributed by atoms with Gasteiger partial charge in [-0.15, -0.1) is 0 Å². The molecule has 3 aromatic rings. The highest BCUT2D eigenvalue weighted by atomic mass is 79.9. The van der Waals surface area contributed by atoms with Gasteiger partial charge in [-0.05, 0) is 35.9 Å². The van der Waals surface area contributed by atoms with E-state index in [1.165, 1.54) is 0 Å². The smallest absolute Gasteiger partial charge is 0.275 e. The first-order valence-corrected chi connectivity index (χ1v) is 10.1. The number of hydrogen-bond donors (Lipinski definition) is 1. The Bertz CT molecular complexity index is 1040. The van der Waals surface area contributed by atoms with Gasteiger partial charge in [-0.2, -0.15) is 5.10 Å². The number of carbonyl (C=O) groups is 1. The van der Waals surface area contributed by atoms with Crippen LogP contribution >= 0.6 is 15.9 Å². The number of rotatable bonds is 9. The maximum atomic E-state index is 12.6. The van der Waals surface area contributed by atoms with Crippen molar-refractivity contribution in [1.29, 1.82) is 0 Å².